The highest BCUT2D eigenvalue weighted by Gasteiger charge is 2.20. The minimum Gasteiger partial charge on any atom is -0.399 e. The zero-order valence-electron chi connectivity index (χ0n) is 8.91. The Morgan fingerprint density at radius 2 is 2.00 bits per heavy atom. The lowest BCUT2D eigenvalue weighted by Gasteiger charge is -2.07. The zero-order valence-corrected chi connectivity index (χ0v) is 8.91. The molecule has 0 atom stereocenters. The Kier molecular flexibility index (Phi) is 3.45. The van der Waals surface area contributed by atoms with Crippen molar-refractivity contribution in [1.29, 1.82) is 0 Å². The van der Waals surface area contributed by atoms with E-state index in [0.29, 0.717) is 0 Å². The van der Waals surface area contributed by atoms with E-state index in [1.165, 1.54) is 12.8 Å². The summed E-state index contributed by atoms with van der Waals surface area (Å²) in [5.41, 5.74) is 7.48. The van der Waals surface area contributed by atoms with Crippen LogP contribution in [-0.4, -0.2) is 19.8 Å². The molecule has 0 saturated heterocycles. The van der Waals surface area contributed by atoms with Gasteiger partial charge < -0.3 is 15.8 Å². The maximum Gasteiger partial charge on any atom is 0.0639 e. The number of nitrogens with two attached hydrogens (primary N) is 1. The second-order valence-corrected chi connectivity index (χ2v) is 4.07. The molecule has 3 N–H and O–H groups in total. The van der Waals surface area contributed by atoms with Crippen molar-refractivity contribution in [3.63, 3.8) is 0 Å². The Labute approximate surface area is 90.6 Å². The van der Waals surface area contributed by atoms with Crippen molar-refractivity contribution in [2.75, 3.05) is 30.8 Å². The first-order chi connectivity index (χ1) is 7.34. The first-order valence-corrected chi connectivity index (χ1v) is 5.52. The van der Waals surface area contributed by atoms with E-state index in [0.717, 1.165) is 37.1 Å². The normalized spacial score (nSPS) is 15.2. The van der Waals surface area contributed by atoms with Crippen molar-refractivity contribution in [3.05, 3.63) is 24.3 Å². The predicted octanol–water partition coefficient (Wildman–Crippen LogP) is 2.11. The van der Waals surface area contributed by atoms with Gasteiger partial charge in [-0.2, -0.15) is 0 Å². The lowest BCUT2D eigenvalue weighted by molar-refractivity contribution is 0.134. The SMILES string of the molecule is Nc1ccc(NCCOCC2CC2)cc1. The fourth-order valence-electron chi connectivity index (χ4n) is 1.40. The molecular weight excluding hydrogens is 188 g/mol. The molecule has 0 bridgehead atoms. The molecule has 3 nitrogen and oxygen atoms in total. The number of nitrogens with one attached hydrogen (secondary N) is 1. The summed E-state index contributed by atoms with van der Waals surface area (Å²) in [7, 11) is 0. The van der Waals surface area contributed by atoms with Gasteiger partial charge in [-0.25, -0.2) is 0 Å². The van der Waals surface area contributed by atoms with Crippen LogP contribution in [0.5, 0.6) is 0 Å². The van der Waals surface area contributed by atoms with Gasteiger partial charge in [0.25, 0.3) is 0 Å². The number of benzene rings is 1. The van der Waals surface area contributed by atoms with Crippen molar-refractivity contribution >= 4 is 11.4 Å². The van der Waals surface area contributed by atoms with E-state index in [1.807, 2.05) is 24.3 Å². The summed E-state index contributed by atoms with van der Waals surface area (Å²) in [6.45, 7) is 2.57. The van der Waals surface area contributed by atoms with Crippen LogP contribution in [0.15, 0.2) is 24.3 Å². The number of hydrogen-bond donors (Lipinski definition) is 2. The molecule has 1 aromatic carbocycles. The van der Waals surface area contributed by atoms with Gasteiger partial charge in [0.15, 0.2) is 0 Å². The summed E-state index contributed by atoms with van der Waals surface area (Å²) in [5.74, 6) is 0.849. The van der Waals surface area contributed by atoms with Crippen LogP contribution in [0.2, 0.25) is 0 Å². The molecule has 1 fully saturated rings. The van der Waals surface area contributed by atoms with E-state index in [-0.39, 0.29) is 0 Å². The predicted molar refractivity (Wildman–Crippen MR) is 62.9 cm³/mol. The first-order valence-electron chi connectivity index (χ1n) is 5.52. The Hall–Kier alpha value is -1.22. The van der Waals surface area contributed by atoms with E-state index in [1.54, 1.807) is 0 Å². The van der Waals surface area contributed by atoms with Gasteiger partial charge in [0.05, 0.1) is 6.61 Å². The average molecular weight is 206 g/mol. The highest BCUT2D eigenvalue weighted by atomic mass is 16.5. The fourth-order valence-corrected chi connectivity index (χ4v) is 1.40. The van der Waals surface area contributed by atoms with E-state index in [2.05, 4.69) is 5.32 Å². The summed E-state index contributed by atoms with van der Waals surface area (Å²) >= 11 is 0. The molecule has 1 aliphatic carbocycles. The monoisotopic (exact) mass is 206 g/mol. The molecule has 1 saturated carbocycles. The first kappa shape index (κ1) is 10.3. The molecule has 1 aromatic rings. The number of nitrogen functional groups attached to an aromatic ring is 1. The van der Waals surface area contributed by atoms with Gasteiger partial charge in [-0.3, -0.25) is 0 Å². The van der Waals surface area contributed by atoms with Crippen LogP contribution >= 0.6 is 0 Å². The summed E-state index contributed by atoms with van der Waals surface area (Å²) in [6.07, 6.45) is 2.71. The highest BCUT2D eigenvalue weighted by molar-refractivity contribution is 5.51. The molecule has 0 radical (unpaired) electrons. The Morgan fingerprint density at radius 3 is 2.67 bits per heavy atom. The van der Waals surface area contributed by atoms with Crippen molar-refractivity contribution in [1.82, 2.24) is 0 Å². The van der Waals surface area contributed by atoms with E-state index in [4.69, 9.17) is 10.5 Å². The third-order valence-corrected chi connectivity index (χ3v) is 2.54. The van der Waals surface area contributed by atoms with Gasteiger partial charge in [0.2, 0.25) is 0 Å². The topological polar surface area (TPSA) is 47.3 Å². The molecule has 0 aromatic heterocycles. The Bertz CT molecular complexity index is 293. The summed E-state index contributed by atoms with van der Waals surface area (Å²) in [5, 5.41) is 3.29. The van der Waals surface area contributed by atoms with E-state index in [9.17, 15) is 0 Å². The second-order valence-electron chi connectivity index (χ2n) is 4.07. The van der Waals surface area contributed by atoms with Crippen LogP contribution in [0.1, 0.15) is 12.8 Å². The third kappa shape index (κ3) is 3.80. The number of hydrogen-bond acceptors (Lipinski definition) is 3. The molecule has 0 amide bonds. The molecule has 1 aliphatic rings. The van der Waals surface area contributed by atoms with Gasteiger partial charge >= 0.3 is 0 Å². The van der Waals surface area contributed by atoms with Gasteiger partial charge in [0, 0.05) is 24.5 Å². The van der Waals surface area contributed by atoms with Crippen LogP contribution < -0.4 is 11.1 Å². The summed E-state index contributed by atoms with van der Waals surface area (Å²) in [6, 6.07) is 7.76. The second kappa shape index (κ2) is 5.03. The summed E-state index contributed by atoms with van der Waals surface area (Å²) in [4.78, 5) is 0. The molecule has 82 valence electrons. The molecule has 15 heavy (non-hydrogen) atoms. The zero-order chi connectivity index (χ0) is 10.5. The van der Waals surface area contributed by atoms with Crippen LogP contribution in [0.3, 0.4) is 0 Å². The van der Waals surface area contributed by atoms with E-state index >= 15 is 0 Å². The summed E-state index contributed by atoms with van der Waals surface area (Å²) < 4.78 is 5.52. The van der Waals surface area contributed by atoms with Crippen molar-refractivity contribution in [2.45, 2.75) is 12.8 Å². The minimum absolute atomic E-state index is 0.779. The van der Waals surface area contributed by atoms with Crippen LogP contribution in [-0.2, 0) is 4.74 Å². The van der Waals surface area contributed by atoms with E-state index < -0.39 is 0 Å². The van der Waals surface area contributed by atoms with Gasteiger partial charge in [0.1, 0.15) is 0 Å². The highest BCUT2D eigenvalue weighted by Crippen LogP contribution is 2.28. The smallest absolute Gasteiger partial charge is 0.0639 e. The van der Waals surface area contributed by atoms with Crippen molar-refractivity contribution in [2.24, 2.45) is 5.92 Å². The molecule has 2 rings (SSSR count). The largest absolute Gasteiger partial charge is 0.399 e. The fraction of sp³-hybridized carbons (Fsp3) is 0.500. The number of anilines is 2. The van der Waals surface area contributed by atoms with Gasteiger partial charge in [-0.05, 0) is 43.0 Å². The molecular formula is C12H18N2O. The Morgan fingerprint density at radius 1 is 1.27 bits per heavy atom. The van der Waals surface area contributed by atoms with Crippen LogP contribution in [0, 0.1) is 5.92 Å². The van der Waals surface area contributed by atoms with Gasteiger partial charge in [-0.15, -0.1) is 0 Å². The molecule has 0 spiro atoms. The van der Waals surface area contributed by atoms with Gasteiger partial charge in [-0.1, -0.05) is 0 Å². The maximum absolute atomic E-state index is 5.59. The molecule has 0 heterocycles. The molecule has 0 unspecified atom stereocenters. The number of rotatable bonds is 6. The number of ether oxygens (including phenoxy) is 1. The average Bonchev–Trinajstić information content (AvgIpc) is 3.04. The minimum atomic E-state index is 0.779. The van der Waals surface area contributed by atoms with Crippen LogP contribution in [0.25, 0.3) is 0 Å². The third-order valence-electron chi connectivity index (χ3n) is 2.54. The quantitative estimate of drug-likeness (QED) is 0.553. The van der Waals surface area contributed by atoms with Crippen molar-refractivity contribution < 1.29 is 4.74 Å². The maximum atomic E-state index is 5.59. The Balaban J connectivity index is 1.58. The lowest BCUT2D eigenvalue weighted by Crippen LogP contribution is -2.10. The van der Waals surface area contributed by atoms with Crippen molar-refractivity contribution in [3.8, 4) is 0 Å². The van der Waals surface area contributed by atoms with Crippen LogP contribution in [0.4, 0.5) is 11.4 Å². The lowest BCUT2D eigenvalue weighted by atomic mass is 10.3. The molecule has 0 aliphatic heterocycles. The standard InChI is InChI=1S/C12H18N2O/c13-11-3-5-12(6-4-11)14-7-8-15-9-10-1-2-10/h3-6,10,14H,1-2,7-9,13H2. The molecule has 3 heteroatoms.